The molecule has 6 nitrogen and oxygen atoms in total. The summed E-state index contributed by atoms with van der Waals surface area (Å²) in [5, 5.41) is 18.5. The number of amides is 1. The zero-order chi connectivity index (χ0) is 14.5. The molecule has 1 aromatic rings. The molecule has 2 N–H and O–H groups in total. The lowest BCUT2D eigenvalue weighted by Crippen LogP contribution is -2.26. The lowest BCUT2D eigenvalue weighted by Gasteiger charge is -1.97. The largest absolute Gasteiger partial charge is 0.481 e. The van der Waals surface area contributed by atoms with Crippen molar-refractivity contribution in [2.24, 2.45) is 10.2 Å². The number of rotatable bonds is 4. The number of carbonyl (C=O) groups excluding carboxylic acids is 1. The molecule has 0 unspecified atom stereocenters. The van der Waals surface area contributed by atoms with Crippen LogP contribution in [0.1, 0.15) is 12.0 Å². The Morgan fingerprint density at radius 1 is 1.45 bits per heavy atom. The van der Waals surface area contributed by atoms with E-state index in [1.54, 1.807) is 6.21 Å². The molecule has 2 rings (SSSR count). The van der Waals surface area contributed by atoms with Gasteiger partial charge in [-0.25, -0.2) is 0 Å². The summed E-state index contributed by atoms with van der Waals surface area (Å²) < 4.78 is 0.969. The average Bonchev–Trinajstić information content (AvgIpc) is 2.72. The summed E-state index contributed by atoms with van der Waals surface area (Å²) in [5.41, 5.74) is 0.869. The molecule has 1 aliphatic heterocycles. The van der Waals surface area contributed by atoms with Gasteiger partial charge in [-0.3, -0.25) is 9.59 Å². The molecule has 0 bridgehead atoms. The van der Waals surface area contributed by atoms with Crippen molar-refractivity contribution in [3.05, 3.63) is 34.3 Å². The van der Waals surface area contributed by atoms with Gasteiger partial charge in [0, 0.05) is 4.47 Å². The summed E-state index contributed by atoms with van der Waals surface area (Å²) in [6, 6.07) is 7.48. The SMILES string of the molecule is O=C(O)C[C@H]1S/C(=N\N=C/c2ccc(Br)cc2)NC1=O. The van der Waals surface area contributed by atoms with Crippen LogP contribution in [0.3, 0.4) is 0 Å². The fraction of sp³-hybridized carbons (Fsp3) is 0.167. The minimum Gasteiger partial charge on any atom is -0.481 e. The molecule has 1 atom stereocenters. The van der Waals surface area contributed by atoms with Crippen LogP contribution in [-0.2, 0) is 9.59 Å². The Balaban J connectivity index is 1.97. The zero-order valence-corrected chi connectivity index (χ0v) is 12.5. The number of aliphatic carboxylic acids is 1. The van der Waals surface area contributed by atoms with Crippen LogP contribution in [-0.4, -0.2) is 33.6 Å². The third-order valence-corrected chi connectivity index (χ3v) is 3.96. The highest BCUT2D eigenvalue weighted by Gasteiger charge is 2.32. The third kappa shape index (κ3) is 4.17. The van der Waals surface area contributed by atoms with Crippen LogP contribution >= 0.6 is 27.7 Å². The topological polar surface area (TPSA) is 91.1 Å². The van der Waals surface area contributed by atoms with Gasteiger partial charge in [-0.2, -0.15) is 5.10 Å². The number of carboxylic acid groups (broad SMARTS) is 1. The Morgan fingerprint density at radius 3 is 2.80 bits per heavy atom. The molecular weight excluding hydrogens is 346 g/mol. The number of thioether (sulfide) groups is 1. The summed E-state index contributed by atoms with van der Waals surface area (Å²) in [6.07, 6.45) is 1.32. The molecule has 1 saturated heterocycles. The van der Waals surface area contributed by atoms with Crippen LogP contribution in [0, 0.1) is 0 Å². The zero-order valence-electron chi connectivity index (χ0n) is 10.1. The van der Waals surface area contributed by atoms with E-state index in [1.807, 2.05) is 24.3 Å². The molecule has 0 spiro atoms. The van der Waals surface area contributed by atoms with Crippen molar-refractivity contribution in [2.75, 3.05) is 0 Å². The number of nitrogens with one attached hydrogen (secondary N) is 1. The van der Waals surface area contributed by atoms with Gasteiger partial charge in [-0.15, -0.1) is 5.10 Å². The molecule has 0 aliphatic carbocycles. The number of hydrogen-bond donors (Lipinski definition) is 2. The number of benzene rings is 1. The summed E-state index contributed by atoms with van der Waals surface area (Å²) in [7, 11) is 0. The normalized spacial score (nSPS) is 20.6. The Morgan fingerprint density at radius 2 is 2.15 bits per heavy atom. The molecule has 1 aromatic carbocycles. The second-order valence-corrected chi connectivity index (χ2v) is 6.00. The number of hydrogen-bond acceptors (Lipinski definition) is 5. The molecule has 1 aliphatic rings. The molecule has 20 heavy (non-hydrogen) atoms. The second-order valence-electron chi connectivity index (χ2n) is 3.89. The quantitative estimate of drug-likeness (QED) is 0.636. The molecular formula is C12H10BrN3O3S. The number of carboxylic acids is 1. The smallest absolute Gasteiger partial charge is 0.305 e. The molecule has 104 valence electrons. The van der Waals surface area contributed by atoms with E-state index in [0.717, 1.165) is 21.8 Å². The molecule has 0 saturated carbocycles. The third-order valence-electron chi connectivity index (χ3n) is 2.36. The van der Waals surface area contributed by atoms with Crippen LogP contribution in [0.25, 0.3) is 0 Å². The standard InChI is InChI=1S/C12H10BrN3O3S/c13-8-3-1-7(2-4-8)6-14-16-12-15-11(19)9(20-12)5-10(17)18/h1-4,6,9H,5H2,(H,17,18)(H,15,16,19)/b14-6-/t9-/m1/s1. The minimum absolute atomic E-state index is 0.230. The first kappa shape index (κ1) is 14.7. The molecule has 0 aromatic heterocycles. The van der Waals surface area contributed by atoms with Gasteiger partial charge in [0.1, 0.15) is 5.25 Å². The maximum Gasteiger partial charge on any atom is 0.305 e. The summed E-state index contributed by atoms with van der Waals surface area (Å²) in [6.45, 7) is 0. The van der Waals surface area contributed by atoms with E-state index < -0.39 is 11.2 Å². The van der Waals surface area contributed by atoms with Gasteiger partial charge in [0.15, 0.2) is 5.17 Å². The van der Waals surface area contributed by atoms with Crippen molar-refractivity contribution in [1.82, 2.24) is 5.32 Å². The van der Waals surface area contributed by atoms with Crippen LogP contribution < -0.4 is 5.32 Å². The summed E-state index contributed by atoms with van der Waals surface area (Å²) in [5.74, 6) is -1.37. The Bertz CT molecular complexity index is 586. The van der Waals surface area contributed by atoms with Crippen molar-refractivity contribution < 1.29 is 14.7 Å². The van der Waals surface area contributed by atoms with E-state index in [2.05, 4.69) is 31.4 Å². The summed E-state index contributed by atoms with van der Waals surface area (Å²) in [4.78, 5) is 22.0. The van der Waals surface area contributed by atoms with Crippen LogP contribution in [0.2, 0.25) is 0 Å². The first-order valence-electron chi connectivity index (χ1n) is 5.60. The first-order valence-corrected chi connectivity index (χ1v) is 7.28. The van der Waals surface area contributed by atoms with Crippen LogP contribution in [0.4, 0.5) is 0 Å². The van der Waals surface area contributed by atoms with Gasteiger partial charge < -0.3 is 10.4 Å². The number of amidine groups is 1. The first-order chi connectivity index (χ1) is 9.54. The van der Waals surface area contributed by atoms with Crippen LogP contribution in [0.15, 0.2) is 38.9 Å². The van der Waals surface area contributed by atoms with E-state index >= 15 is 0 Å². The highest BCUT2D eigenvalue weighted by Crippen LogP contribution is 2.22. The minimum atomic E-state index is -1.02. The van der Waals surface area contributed by atoms with Gasteiger partial charge >= 0.3 is 5.97 Å². The van der Waals surface area contributed by atoms with Gasteiger partial charge in [-0.1, -0.05) is 39.8 Å². The van der Waals surface area contributed by atoms with Crippen molar-refractivity contribution in [1.29, 1.82) is 0 Å². The highest BCUT2D eigenvalue weighted by atomic mass is 79.9. The van der Waals surface area contributed by atoms with E-state index in [-0.39, 0.29) is 12.3 Å². The maximum absolute atomic E-state index is 11.5. The van der Waals surface area contributed by atoms with Gasteiger partial charge in [-0.05, 0) is 17.7 Å². The van der Waals surface area contributed by atoms with Crippen molar-refractivity contribution >= 4 is 51.0 Å². The number of nitrogens with zero attached hydrogens (tertiary/aromatic N) is 2. The predicted octanol–water partition coefficient (Wildman–Crippen LogP) is 1.85. The van der Waals surface area contributed by atoms with Crippen LogP contribution in [0.5, 0.6) is 0 Å². The van der Waals surface area contributed by atoms with E-state index in [9.17, 15) is 9.59 Å². The maximum atomic E-state index is 11.5. The fourth-order valence-corrected chi connectivity index (χ4v) is 2.62. The van der Waals surface area contributed by atoms with Crippen molar-refractivity contribution in [3.8, 4) is 0 Å². The molecule has 1 fully saturated rings. The fourth-order valence-electron chi connectivity index (χ4n) is 1.44. The molecule has 0 radical (unpaired) electrons. The van der Waals surface area contributed by atoms with Gasteiger partial charge in [0.25, 0.3) is 0 Å². The monoisotopic (exact) mass is 355 g/mol. The summed E-state index contributed by atoms with van der Waals surface area (Å²) >= 11 is 4.40. The highest BCUT2D eigenvalue weighted by molar-refractivity contribution is 9.10. The molecule has 8 heteroatoms. The number of carbonyl (C=O) groups is 2. The second kappa shape index (κ2) is 6.67. The van der Waals surface area contributed by atoms with Crippen molar-refractivity contribution in [3.63, 3.8) is 0 Å². The lowest BCUT2D eigenvalue weighted by molar-refractivity contribution is -0.138. The molecule has 1 amide bonds. The Kier molecular flexibility index (Phi) is 4.91. The Labute approximate surface area is 127 Å². The molecule has 1 heterocycles. The Hall–Kier alpha value is -1.67. The van der Waals surface area contributed by atoms with E-state index in [1.165, 1.54) is 0 Å². The average molecular weight is 356 g/mol. The lowest BCUT2D eigenvalue weighted by atomic mass is 10.2. The van der Waals surface area contributed by atoms with E-state index in [4.69, 9.17) is 5.11 Å². The number of halogens is 1. The van der Waals surface area contributed by atoms with Gasteiger partial charge in [0.2, 0.25) is 5.91 Å². The predicted molar refractivity (Wildman–Crippen MR) is 80.9 cm³/mol. The van der Waals surface area contributed by atoms with Gasteiger partial charge in [0.05, 0.1) is 12.6 Å². The van der Waals surface area contributed by atoms with Crippen molar-refractivity contribution in [2.45, 2.75) is 11.7 Å². The van der Waals surface area contributed by atoms with E-state index in [0.29, 0.717) is 5.17 Å².